The summed E-state index contributed by atoms with van der Waals surface area (Å²) in [6.07, 6.45) is 2.33. The molecule has 0 aromatic carbocycles. The van der Waals surface area contributed by atoms with E-state index in [9.17, 15) is 4.79 Å². The van der Waals surface area contributed by atoms with Gasteiger partial charge in [0.1, 0.15) is 6.33 Å². The summed E-state index contributed by atoms with van der Waals surface area (Å²) in [7, 11) is 0. The van der Waals surface area contributed by atoms with Crippen LogP contribution in [0.5, 0.6) is 0 Å². The Labute approximate surface area is 71.0 Å². The molecule has 5 heteroatoms. The van der Waals surface area contributed by atoms with Crippen molar-refractivity contribution in [3.05, 3.63) is 16.8 Å². The van der Waals surface area contributed by atoms with Crippen LogP contribution in [0.15, 0.2) is 11.1 Å². The molecule has 0 saturated carbocycles. The Bertz CT molecular complexity index is 254. The Morgan fingerprint density at radius 2 is 2.45 bits per heavy atom. The largest absolute Gasteiger partial charge is 0.343 e. The van der Waals surface area contributed by atoms with Crippen LogP contribution < -0.4 is 5.69 Å². The van der Waals surface area contributed by atoms with E-state index in [0.29, 0.717) is 0 Å². The highest BCUT2D eigenvalue weighted by Crippen LogP contribution is 2.02. The predicted octanol–water partition coefficient (Wildman–Crippen LogP) is 0.964. The fourth-order valence-corrected chi connectivity index (χ4v) is 0.752. The minimum absolute atomic E-state index is 0. The monoisotopic (exact) mass is 177 g/mol. The molecule has 64 valence electrons. The average molecular weight is 178 g/mol. The Hall–Kier alpha value is -0.770. The molecule has 1 aromatic heterocycles. The first-order valence-corrected chi connectivity index (χ1v) is 3.38. The highest BCUT2D eigenvalue weighted by atomic mass is 35.5. The van der Waals surface area contributed by atoms with Crippen molar-refractivity contribution in [1.29, 1.82) is 0 Å². The fourth-order valence-electron chi connectivity index (χ4n) is 0.752. The lowest BCUT2D eigenvalue weighted by Gasteiger charge is -2.04. The molecule has 0 radical (unpaired) electrons. The number of nitrogens with zero attached hydrogens (tertiary/aromatic N) is 2. The van der Waals surface area contributed by atoms with Crippen LogP contribution in [-0.2, 0) is 0 Å². The van der Waals surface area contributed by atoms with Gasteiger partial charge in [0.2, 0.25) is 0 Å². The van der Waals surface area contributed by atoms with Crippen molar-refractivity contribution in [2.75, 3.05) is 0 Å². The van der Waals surface area contributed by atoms with Crippen molar-refractivity contribution in [2.45, 2.75) is 26.3 Å². The van der Waals surface area contributed by atoms with Gasteiger partial charge in [0.25, 0.3) is 0 Å². The second kappa shape index (κ2) is 4.18. The smallest absolute Gasteiger partial charge is 0.295 e. The Balaban J connectivity index is 0.000001000. The third-order valence-corrected chi connectivity index (χ3v) is 1.59. The van der Waals surface area contributed by atoms with Crippen molar-refractivity contribution in [1.82, 2.24) is 14.8 Å². The lowest BCUT2D eigenvalue weighted by atomic mass is 10.3. The first kappa shape index (κ1) is 10.2. The molecule has 0 fully saturated rings. The summed E-state index contributed by atoms with van der Waals surface area (Å²) >= 11 is 0. The van der Waals surface area contributed by atoms with E-state index in [1.807, 2.05) is 13.8 Å². The molecule has 0 bridgehead atoms. The Morgan fingerprint density at radius 3 is 2.82 bits per heavy atom. The van der Waals surface area contributed by atoms with Gasteiger partial charge in [-0.25, -0.2) is 9.48 Å². The van der Waals surface area contributed by atoms with Crippen LogP contribution in [0.1, 0.15) is 26.3 Å². The van der Waals surface area contributed by atoms with Crippen LogP contribution >= 0.6 is 12.4 Å². The maximum absolute atomic E-state index is 10.9. The van der Waals surface area contributed by atoms with Gasteiger partial charge >= 0.3 is 5.69 Å². The van der Waals surface area contributed by atoms with Crippen molar-refractivity contribution in [2.24, 2.45) is 0 Å². The van der Waals surface area contributed by atoms with Crippen molar-refractivity contribution >= 4 is 12.4 Å². The Morgan fingerprint density at radius 1 is 1.82 bits per heavy atom. The number of hydrogen-bond acceptors (Lipinski definition) is 2. The first-order valence-electron chi connectivity index (χ1n) is 3.38. The molecule has 0 aliphatic carbocycles. The predicted molar refractivity (Wildman–Crippen MR) is 45.1 cm³/mol. The van der Waals surface area contributed by atoms with E-state index in [0.717, 1.165) is 6.42 Å². The molecule has 4 nitrogen and oxygen atoms in total. The van der Waals surface area contributed by atoms with Gasteiger partial charge in [-0.3, -0.25) is 4.98 Å². The maximum atomic E-state index is 10.9. The minimum Gasteiger partial charge on any atom is -0.295 e. The van der Waals surface area contributed by atoms with Gasteiger partial charge < -0.3 is 0 Å². The van der Waals surface area contributed by atoms with Gasteiger partial charge in [-0.1, -0.05) is 6.92 Å². The van der Waals surface area contributed by atoms with Crippen molar-refractivity contribution in [3.63, 3.8) is 0 Å². The molecule has 1 unspecified atom stereocenters. The van der Waals surface area contributed by atoms with Gasteiger partial charge in [-0.05, 0) is 13.3 Å². The molecule has 0 aliphatic heterocycles. The lowest BCUT2D eigenvalue weighted by molar-refractivity contribution is 0.463. The van der Waals surface area contributed by atoms with E-state index in [4.69, 9.17) is 0 Å². The van der Waals surface area contributed by atoms with E-state index >= 15 is 0 Å². The molecule has 1 N–H and O–H groups in total. The number of rotatable bonds is 2. The highest BCUT2D eigenvalue weighted by Gasteiger charge is 2.03. The zero-order valence-corrected chi connectivity index (χ0v) is 7.39. The minimum atomic E-state index is -0.130. The fraction of sp³-hybridized carbons (Fsp3) is 0.667. The Kier molecular flexibility index (Phi) is 3.89. The number of aromatic nitrogens is 3. The normalized spacial score (nSPS) is 12.2. The molecular weight excluding hydrogens is 166 g/mol. The van der Waals surface area contributed by atoms with Crippen molar-refractivity contribution < 1.29 is 0 Å². The summed E-state index contributed by atoms with van der Waals surface area (Å²) in [6.45, 7) is 3.98. The summed E-state index contributed by atoms with van der Waals surface area (Å²) in [5, 5.41) is 3.84. The summed E-state index contributed by atoms with van der Waals surface area (Å²) in [4.78, 5) is 13.3. The molecular formula is C6H12ClN3O. The van der Waals surface area contributed by atoms with Crippen LogP contribution in [0.25, 0.3) is 0 Å². The zero-order valence-electron chi connectivity index (χ0n) is 6.57. The van der Waals surface area contributed by atoms with E-state index in [-0.39, 0.29) is 24.1 Å². The molecule has 0 spiro atoms. The number of nitrogens with one attached hydrogen (secondary N) is 1. The molecule has 11 heavy (non-hydrogen) atoms. The van der Waals surface area contributed by atoms with Gasteiger partial charge in [0.05, 0.1) is 6.04 Å². The van der Waals surface area contributed by atoms with Gasteiger partial charge in [0, 0.05) is 0 Å². The topological polar surface area (TPSA) is 50.7 Å². The number of H-pyrrole nitrogens is 1. The zero-order chi connectivity index (χ0) is 7.56. The van der Waals surface area contributed by atoms with Gasteiger partial charge in [-0.2, -0.15) is 5.10 Å². The van der Waals surface area contributed by atoms with Gasteiger partial charge in [0.15, 0.2) is 0 Å². The highest BCUT2D eigenvalue weighted by molar-refractivity contribution is 5.85. The molecule has 1 heterocycles. The summed E-state index contributed by atoms with van der Waals surface area (Å²) in [5.74, 6) is 0. The number of aromatic amines is 1. The van der Waals surface area contributed by atoms with E-state index in [1.54, 1.807) is 0 Å². The third kappa shape index (κ3) is 2.08. The van der Waals surface area contributed by atoms with E-state index in [1.165, 1.54) is 11.0 Å². The van der Waals surface area contributed by atoms with Crippen LogP contribution in [-0.4, -0.2) is 14.8 Å². The first-order chi connectivity index (χ1) is 4.75. The van der Waals surface area contributed by atoms with Gasteiger partial charge in [-0.15, -0.1) is 12.4 Å². The molecule has 1 rings (SSSR count). The van der Waals surface area contributed by atoms with Crippen LogP contribution in [0.2, 0.25) is 0 Å². The number of halogens is 1. The molecule has 1 atom stereocenters. The third-order valence-electron chi connectivity index (χ3n) is 1.59. The molecule has 1 aromatic rings. The quantitative estimate of drug-likeness (QED) is 0.732. The molecule has 0 saturated heterocycles. The maximum Gasteiger partial charge on any atom is 0.343 e. The molecule has 0 amide bonds. The summed E-state index contributed by atoms with van der Waals surface area (Å²) in [6, 6.07) is 0.193. The van der Waals surface area contributed by atoms with Crippen LogP contribution in [0.3, 0.4) is 0 Å². The van der Waals surface area contributed by atoms with E-state index < -0.39 is 0 Å². The van der Waals surface area contributed by atoms with Crippen LogP contribution in [0.4, 0.5) is 0 Å². The second-order valence-corrected chi connectivity index (χ2v) is 2.30. The van der Waals surface area contributed by atoms with Crippen LogP contribution in [0, 0.1) is 0 Å². The second-order valence-electron chi connectivity index (χ2n) is 2.30. The molecule has 0 aliphatic rings. The summed E-state index contributed by atoms with van der Waals surface area (Å²) in [5.41, 5.74) is -0.130. The lowest BCUT2D eigenvalue weighted by Crippen LogP contribution is -2.21. The number of hydrogen-bond donors (Lipinski definition) is 1. The van der Waals surface area contributed by atoms with E-state index in [2.05, 4.69) is 10.1 Å². The standard InChI is InChI=1S/C6H11N3O.ClH/c1-3-5(2)9-6(10)7-4-8-9;/h4-5H,3H2,1-2H3,(H,7,8,10);1H. The average Bonchev–Trinajstić information content (AvgIpc) is 2.34. The van der Waals surface area contributed by atoms with Crippen molar-refractivity contribution in [3.8, 4) is 0 Å². The summed E-state index contributed by atoms with van der Waals surface area (Å²) < 4.78 is 1.44. The SMILES string of the molecule is CCC(C)n1nc[nH]c1=O.Cl.